The predicted octanol–water partition coefficient (Wildman–Crippen LogP) is 2.32. The van der Waals surface area contributed by atoms with Crippen molar-refractivity contribution in [3.63, 3.8) is 0 Å². The fraction of sp³-hybridized carbons (Fsp3) is 0.200. The molecular formula is C10H10F2NO2. The van der Waals surface area contributed by atoms with Gasteiger partial charge in [-0.25, -0.2) is 13.6 Å². The molecule has 0 saturated heterocycles. The van der Waals surface area contributed by atoms with Crippen molar-refractivity contribution >= 4 is 6.09 Å². The van der Waals surface area contributed by atoms with E-state index in [1.165, 1.54) is 13.2 Å². The van der Waals surface area contributed by atoms with Gasteiger partial charge in [0, 0.05) is 18.7 Å². The molecular weight excluding hydrogens is 204 g/mol. The first-order valence-corrected chi connectivity index (χ1v) is 4.14. The minimum Gasteiger partial charge on any atom is -0.453 e. The van der Waals surface area contributed by atoms with E-state index in [9.17, 15) is 13.6 Å². The molecule has 3 nitrogen and oxygen atoms in total. The van der Waals surface area contributed by atoms with Crippen molar-refractivity contribution in [1.82, 2.24) is 4.90 Å². The highest BCUT2D eigenvalue weighted by Gasteiger charge is 2.11. The van der Waals surface area contributed by atoms with E-state index in [0.29, 0.717) is 0 Å². The Kier molecular flexibility index (Phi) is 3.60. The number of methoxy groups -OCH3 is 1. The van der Waals surface area contributed by atoms with E-state index in [2.05, 4.69) is 11.8 Å². The molecule has 81 valence electrons. The van der Waals surface area contributed by atoms with Crippen LogP contribution in [0.4, 0.5) is 13.6 Å². The van der Waals surface area contributed by atoms with Crippen LogP contribution in [0.25, 0.3) is 0 Å². The largest absolute Gasteiger partial charge is 0.453 e. The SMILES string of the molecule is [CH2]N(Cc1ccc(F)cc1F)C(=O)OC. The zero-order valence-corrected chi connectivity index (χ0v) is 8.17. The Balaban J connectivity index is 2.76. The van der Waals surface area contributed by atoms with Crippen molar-refractivity contribution in [3.05, 3.63) is 42.4 Å². The topological polar surface area (TPSA) is 29.5 Å². The smallest absolute Gasteiger partial charge is 0.409 e. The van der Waals surface area contributed by atoms with Crippen molar-refractivity contribution in [3.8, 4) is 0 Å². The maximum Gasteiger partial charge on any atom is 0.409 e. The Hall–Kier alpha value is -1.65. The van der Waals surface area contributed by atoms with Gasteiger partial charge in [-0.05, 0) is 6.07 Å². The maximum atomic E-state index is 13.1. The molecule has 0 atom stereocenters. The lowest BCUT2D eigenvalue weighted by atomic mass is 10.2. The van der Waals surface area contributed by atoms with Gasteiger partial charge >= 0.3 is 6.09 Å². The first-order valence-electron chi connectivity index (χ1n) is 4.14. The molecule has 0 saturated carbocycles. The molecule has 0 fully saturated rings. The molecule has 0 N–H and O–H groups in total. The molecule has 1 rings (SSSR count). The van der Waals surface area contributed by atoms with Crippen LogP contribution >= 0.6 is 0 Å². The quantitative estimate of drug-likeness (QED) is 0.756. The van der Waals surface area contributed by atoms with E-state index >= 15 is 0 Å². The molecule has 0 aliphatic carbocycles. The van der Waals surface area contributed by atoms with Crippen LogP contribution in [0.5, 0.6) is 0 Å². The molecule has 0 unspecified atom stereocenters. The summed E-state index contributed by atoms with van der Waals surface area (Å²) in [6.45, 7) is -0.0706. The summed E-state index contributed by atoms with van der Waals surface area (Å²) in [5, 5.41) is 0. The third-order valence-corrected chi connectivity index (χ3v) is 1.81. The Morgan fingerprint density at radius 3 is 2.73 bits per heavy atom. The molecule has 1 aromatic rings. The second-order valence-corrected chi connectivity index (χ2v) is 2.90. The Morgan fingerprint density at radius 2 is 2.20 bits per heavy atom. The Morgan fingerprint density at radius 1 is 1.53 bits per heavy atom. The second-order valence-electron chi connectivity index (χ2n) is 2.90. The van der Waals surface area contributed by atoms with Crippen LogP contribution < -0.4 is 0 Å². The van der Waals surface area contributed by atoms with Crippen molar-refractivity contribution in [2.75, 3.05) is 7.11 Å². The average Bonchev–Trinajstić information content (AvgIpc) is 2.20. The highest BCUT2D eigenvalue weighted by molar-refractivity contribution is 5.67. The fourth-order valence-electron chi connectivity index (χ4n) is 1.05. The number of benzene rings is 1. The number of ether oxygens (including phenoxy) is 1. The van der Waals surface area contributed by atoms with Gasteiger partial charge in [0.15, 0.2) is 0 Å². The van der Waals surface area contributed by atoms with Crippen molar-refractivity contribution in [2.45, 2.75) is 6.54 Å². The third-order valence-electron chi connectivity index (χ3n) is 1.81. The van der Waals surface area contributed by atoms with E-state index < -0.39 is 17.7 Å². The van der Waals surface area contributed by atoms with Crippen molar-refractivity contribution in [1.29, 1.82) is 0 Å². The summed E-state index contributed by atoms with van der Waals surface area (Å²) in [6.07, 6.45) is -0.682. The highest BCUT2D eigenvalue weighted by atomic mass is 19.1. The molecule has 0 bridgehead atoms. The maximum absolute atomic E-state index is 13.1. The monoisotopic (exact) mass is 214 g/mol. The molecule has 15 heavy (non-hydrogen) atoms. The zero-order valence-electron chi connectivity index (χ0n) is 8.17. The molecule has 1 aromatic carbocycles. The van der Waals surface area contributed by atoms with Crippen molar-refractivity contribution in [2.24, 2.45) is 0 Å². The van der Waals surface area contributed by atoms with Gasteiger partial charge in [0.05, 0.1) is 13.7 Å². The van der Waals surface area contributed by atoms with Crippen LogP contribution in [0.15, 0.2) is 18.2 Å². The van der Waals surface area contributed by atoms with Gasteiger partial charge < -0.3 is 9.64 Å². The van der Waals surface area contributed by atoms with Crippen LogP contribution in [0, 0.1) is 18.7 Å². The molecule has 0 aliphatic rings. The van der Waals surface area contributed by atoms with E-state index in [-0.39, 0.29) is 12.1 Å². The van der Waals surface area contributed by atoms with E-state index in [4.69, 9.17) is 0 Å². The number of carbonyl (C=O) groups excluding carboxylic acids is 1. The van der Waals surface area contributed by atoms with Gasteiger partial charge in [-0.15, -0.1) is 0 Å². The van der Waals surface area contributed by atoms with Gasteiger partial charge in [0.2, 0.25) is 0 Å². The van der Waals surface area contributed by atoms with Crippen LogP contribution in [-0.4, -0.2) is 18.1 Å². The Bertz CT molecular complexity index is 368. The third kappa shape index (κ3) is 2.90. The van der Waals surface area contributed by atoms with Crippen LogP contribution in [0.2, 0.25) is 0 Å². The second kappa shape index (κ2) is 4.72. The lowest BCUT2D eigenvalue weighted by Crippen LogP contribution is -2.24. The molecule has 0 heterocycles. The van der Waals surface area contributed by atoms with Gasteiger partial charge in [0.1, 0.15) is 11.6 Å². The average molecular weight is 214 g/mol. The summed E-state index contributed by atoms with van der Waals surface area (Å²) in [4.78, 5) is 11.9. The number of hydrogen-bond donors (Lipinski definition) is 0. The van der Waals surface area contributed by atoms with E-state index in [1.54, 1.807) is 0 Å². The number of hydrogen-bond acceptors (Lipinski definition) is 2. The summed E-state index contributed by atoms with van der Waals surface area (Å²) in [6, 6.07) is 3.12. The van der Waals surface area contributed by atoms with Crippen LogP contribution in [0.1, 0.15) is 5.56 Å². The van der Waals surface area contributed by atoms with E-state index in [0.717, 1.165) is 17.0 Å². The van der Waals surface area contributed by atoms with Gasteiger partial charge in [-0.1, -0.05) is 6.07 Å². The first-order chi connectivity index (χ1) is 7.04. The predicted molar refractivity (Wildman–Crippen MR) is 49.7 cm³/mol. The first kappa shape index (κ1) is 11.4. The van der Waals surface area contributed by atoms with Crippen LogP contribution in [-0.2, 0) is 11.3 Å². The molecule has 0 aromatic heterocycles. The minimum absolute atomic E-state index is 0.0706. The lowest BCUT2D eigenvalue weighted by molar-refractivity contribution is 0.136. The van der Waals surface area contributed by atoms with Crippen molar-refractivity contribution < 1.29 is 18.3 Å². The molecule has 1 amide bonds. The highest BCUT2D eigenvalue weighted by Crippen LogP contribution is 2.12. The summed E-state index contributed by atoms with van der Waals surface area (Å²) in [7, 11) is 4.56. The normalized spacial score (nSPS) is 9.87. The summed E-state index contributed by atoms with van der Waals surface area (Å²) in [5.41, 5.74) is 0.178. The van der Waals surface area contributed by atoms with Gasteiger partial charge in [0.25, 0.3) is 0 Å². The molecule has 5 heteroatoms. The number of halogens is 2. The van der Waals surface area contributed by atoms with Gasteiger partial charge in [-0.3, -0.25) is 0 Å². The number of nitrogens with zero attached hydrogens (tertiary/aromatic N) is 1. The summed E-state index contributed by atoms with van der Waals surface area (Å²) >= 11 is 0. The number of carbonyl (C=O) groups is 1. The zero-order chi connectivity index (χ0) is 11.4. The number of amides is 1. The summed E-state index contributed by atoms with van der Waals surface area (Å²) in [5.74, 6) is -1.38. The Labute approximate surface area is 86.3 Å². The van der Waals surface area contributed by atoms with E-state index in [1.807, 2.05) is 0 Å². The number of rotatable bonds is 2. The lowest BCUT2D eigenvalue weighted by Gasteiger charge is -2.15. The minimum atomic E-state index is -0.715. The molecule has 0 aliphatic heterocycles. The van der Waals surface area contributed by atoms with Crippen LogP contribution in [0.3, 0.4) is 0 Å². The van der Waals surface area contributed by atoms with Gasteiger partial charge in [-0.2, -0.15) is 0 Å². The molecule has 0 spiro atoms. The molecule has 1 radical (unpaired) electrons. The summed E-state index contributed by atoms with van der Waals surface area (Å²) < 4.78 is 30.1. The fourth-order valence-corrected chi connectivity index (χ4v) is 1.05. The standard InChI is InChI=1S/C10H10F2NO2/c1-13(10(14)15-2)6-7-3-4-8(11)5-9(7)12/h3-5H,1,6H2,2H3.